The summed E-state index contributed by atoms with van der Waals surface area (Å²) < 4.78 is 0. The van der Waals surface area contributed by atoms with Crippen molar-refractivity contribution in [2.24, 2.45) is 0 Å². The highest BCUT2D eigenvalue weighted by atomic mass is 15.2. The lowest BCUT2D eigenvalue weighted by atomic mass is 9.95. The summed E-state index contributed by atoms with van der Waals surface area (Å²) in [5, 5.41) is 6.30. The van der Waals surface area contributed by atoms with Gasteiger partial charge >= 0.3 is 0 Å². The Bertz CT molecular complexity index is 2190. The van der Waals surface area contributed by atoms with E-state index in [4.69, 9.17) is 0 Å². The molecule has 0 aromatic heterocycles. The molecule has 0 aliphatic rings. The van der Waals surface area contributed by atoms with E-state index in [1.165, 1.54) is 38.6 Å². The van der Waals surface area contributed by atoms with Crippen LogP contribution in [0.25, 0.3) is 44.2 Å². The van der Waals surface area contributed by atoms with Crippen molar-refractivity contribution in [2.75, 3.05) is 10.2 Å². The first kappa shape index (κ1) is 29.1. The maximum atomic E-state index is 3.86. The molecule has 2 heteroatoms. The summed E-state index contributed by atoms with van der Waals surface area (Å²) in [6.45, 7) is 0. The maximum absolute atomic E-state index is 3.86. The lowest BCUT2D eigenvalue weighted by Gasteiger charge is -2.30. The number of fused-ring (bicyclic) bond motifs is 1. The van der Waals surface area contributed by atoms with Crippen LogP contribution in [0.2, 0.25) is 0 Å². The van der Waals surface area contributed by atoms with Gasteiger partial charge in [-0.1, -0.05) is 158 Å². The predicted molar refractivity (Wildman–Crippen MR) is 205 cm³/mol. The van der Waals surface area contributed by atoms with Crippen molar-refractivity contribution in [1.82, 2.24) is 0 Å². The Kier molecular flexibility index (Phi) is 7.96. The lowest BCUT2D eigenvalue weighted by Crippen LogP contribution is -2.12. The van der Waals surface area contributed by atoms with Crippen molar-refractivity contribution in [3.63, 3.8) is 0 Å². The SMILES string of the molecule is c1ccc(Nc2c(-c3cccc4ccccc34)cccc2N(c2ccc(-c3ccccc3)cc2)c2ccc(-c3ccccc3)cc2)cc1. The molecule has 8 aromatic carbocycles. The average molecular weight is 615 g/mol. The van der Waals surface area contributed by atoms with Crippen LogP contribution in [-0.4, -0.2) is 0 Å². The molecule has 8 aromatic rings. The molecule has 48 heavy (non-hydrogen) atoms. The summed E-state index contributed by atoms with van der Waals surface area (Å²) in [6, 6.07) is 71.1. The van der Waals surface area contributed by atoms with E-state index in [1.54, 1.807) is 0 Å². The second-order valence-corrected chi connectivity index (χ2v) is 11.9. The molecule has 0 bridgehead atoms. The van der Waals surface area contributed by atoms with E-state index in [2.05, 4.69) is 210 Å². The van der Waals surface area contributed by atoms with Gasteiger partial charge in [-0.05, 0) is 81.1 Å². The lowest BCUT2D eigenvalue weighted by molar-refractivity contribution is 1.28. The molecule has 0 aliphatic carbocycles. The first-order valence-electron chi connectivity index (χ1n) is 16.4. The number of rotatable bonds is 8. The van der Waals surface area contributed by atoms with Crippen LogP contribution in [0.5, 0.6) is 0 Å². The van der Waals surface area contributed by atoms with Crippen LogP contribution in [-0.2, 0) is 0 Å². The van der Waals surface area contributed by atoms with Crippen LogP contribution in [0.15, 0.2) is 200 Å². The number of hydrogen-bond acceptors (Lipinski definition) is 2. The third kappa shape index (κ3) is 5.84. The van der Waals surface area contributed by atoms with E-state index >= 15 is 0 Å². The van der Waals surface area contributed by atoms with Crippen molar-refractivity contribution in [3.05, 3.63) is 200 Å². The largest absolute Gasteiger partial charge is 0.353 e. The molecular weight excluding hydrogens is 581 g/mol. The maximum Gasteiger partial charge on any atom is 0.0709 e. The van der Waals surface area contributed by atoms with Gasteiger partial charge in [-0.2, -0.15) is 0 Å². The van der Waals surface area contributed by atoms with Gasteiger partial charge in [0.15, 0.2) is 0 Å². The van der Waals surface area contributed by atoms with E-state index in [-0.39, 0.29) is 0 Å². The average Bonchev–Trinajstić information content (AvgIpc) is 3.17. The molecule has 0 heterocycles. The minimum atomic E-state index is 1.03. The number of nitrogens with zero attached hydrogens (tertiary/aromatic N) is 1. The second kappa shape index (κ2) is 13.2. The van der Waals surface area contributed by atoms with Gasteiger partial charge in [0.1, 0.15) is 0 Å². The molecular formula is C46H34N2. The monoisotopic (exact) mass is 614 g/mol. The Balaban J connectivity index is 1.33. The molecule has 1 N–H and O–H groups in total. The molecule has 0 aliphatic heterocycles. The predicted octanol–water partition coefficient (Wildman–Crippen LogP) is 13.1. The van der Waals surface area contributed by atoms with Crippen LogP contribution in [0, 0.1) is 0 Å². The molecule has 0 spiro atoms. The summed E-state index contributed by atoms with van der Waals surface area (Å²) in [5.41, 5.74) is 12.4. The molecule has 0 saturated heterocycles. The smallest absolute Gasteiger partial charge is 0.0709 e. The van der Waals surface area contributed by atoms with Crippen molar-refractivity contribution < 1.29 is 0 Å². The van der Waals surface area contributed by atoms with E-state index in [0.717, 1.165) is 34.0 Å². The minimum absolute atomic E-state index is 1.03. The fourth-order valence-corrected chi connectivity index (χ4v) is 6.50. The molecule has 8 rings (SSSR count). The summed E-state index contributed by atoms with van der Waals surface area (Å²) in [7, 11) is 0. The standard InChI is InChI=1S/C46H34N2/c1-4-14-34(15-5-1)36-26-30-40(31-27-36)48(41-32-28-37(29-33-41)35-16-6-2-7-17-35)45-25-13-24-44(46(45)47-39-20-8-3-9-21-39)43-23-12-19-38-18-10-11-22-42(38)43/h1-33,47H. The Labute approximate surface area is 282 Å². The number of anilines is 5. The number of nitrogens with one attached hydrogen (secondary N) is 1. The Morgan fingerprint density at radius 1 is 0.333 bits per heavy atom. The summed E-state index contributed by atoms with van der Waals surface area (Å²) in [4.78, 5) is 2.36. The first-order chi connectivity index (χ1) is 23.8. The first-order valence-corrected chi connectivity index (χ1v) is 16.4. The van der Waals surface area contributed by atoms with Gasteiger partial charge in [-0.15, -0.1) is 0 Å². The van der Waals surface area contributed by atoms with Gasteiger partial charge in [-0.3, -0.25) is 0 Å². The van der Waals surface area contributed by atoms with Gasteiger partial charge in [0.25, 0.3) is 0 Å². The summed E-state index contributed by atoms with van der Waals surface area (Å²) >= 11 is 0. The fourth-order valence-electron chi connectivity index (χ4n) is 6.50. The highest BCUT2D eigenvalue weighted by Crippen LogP contribution is 2.46. The van der Waals surface area contributed by atoms with Crippen LogP contribution < -0.4 is 10.2 Å². The van der Waals surface area contributed by atoms with Crippen LogP contribution >= 0.6 is 0 Å². The minimum Gasteiger partial charge on any atom is -0.353 e. The second-order valence-electron chi connectivity index (χ2n) is 11.9. The van der Waals surface area contributed by atoms with Crippen molar-refractivity contribution in [3.8, 4) is 33.4 Å². The quantitative estimate of drug-likeness (QED) is 0.183. The van der Waals surface area contributed by atoms with E-state index in [9.17, 15) is 0 Å². The normalized spacial score (nSPS) is 10.9. The molecule has 0 saturated carbocycles. The van der Waals surface area contributed by atoms with Crippen molar-refractivity contribution >= 4 is 39.2 Å². The molecule has 0 amide bonds. The highest BCUT2D eigenvalue weighted by molar-refractivity contribution is 6.04. The molecule has 2 nitrogen and oxygen atoms in total. The van der Waals surface area contributed by atoms with E-state index < -0.39 is 0 Å². The van der Waals surface area contributed by atoms with E-state index in [1.807, 2.05) is 0 Å². The number of benzene rings is 8. The van der Waals surface area contributed by atoms with Crippen LogP contribution in [0.3, 0.4) is 0 Å². The van der Waals surface area contributed by atoms with Crippen LogP contribution in [0.4, 0.5) is 28.4 Å². The van der Waals surface area contributed by atoms with Gasteiger partial charge in [-0.25, -0.2) is 0 Å². The zero-order valence-electron chi connectivity index (χ0n) is 26.5. The summed E-state index contributed by atoms with van der Waals surface area (Å²) in [5.74, 6) is 0. The van der Waals surface area contributed by atoms with Gasteiger partial charge in [0.2, 0.25) is 0 Å². The molecule has 0 radical (unpaired) electrons. The van der Waals surface area contributed by atoms with Gasteiger partial charge in [0, 0.05) is 22.6 Å². The molecule has 0 unspecified atom stereocenters. The highest BCUT2D eigenvalue weighted by Gasteiger charge is 2.21. The summed E-state index contributed by atoms with van der Waals surface area (Å²) in [6.07, 6.45) is 0. The Morgan fingerprint density at radius 3 is 1.40 bits per heavy atom. The van der Waals surface area contributed by atoms with Crippen LogP contribution in [0.1, 0.15) is 0 Å². The topological polar surface area (TPSA) is 15.3 Å². The fraction of sp³-hybridized carbons (Fsp3) is 0. The zero-order chi connectivity index (χ0) is 32.1. The van der Waals surface area contributed by atoms with Crippen molar-refractivity contribution in [1.29, 1.82) is 0 Å². The number of hydrogen-bond donors (Lipinski definition) is 1. The van der Waals surface area contributed by atoms with Crippen molar-refractivity contribution in [2.45, 2.75) is 0 Å². The molecule has 0 fully saturated rings. The zero-order valence-corrected chi connectivity index (χ0v) is 26.5. The van der Waals surface area contributed by atoms with E-state index in [0.29, 0.717) is 0 Å². The number of para-hydroxylation sites is 2. The third-order valence-corrected chi connectivity index (χ3v) is 8.87. The Morgan fingerprint density at radius 2 is 0.792 bits per heavy atom. The third-order valence-electron chi connectivity index (χ3n) is 8.87. The van der Waals surface area contributed by atoms with Gasteiger partial charge < -0.3 is 10.2 Å². The Hall–Kier alpha value is -6.38. The van der Waals surface area contributed by atoms with Gasteiger partial charge in [0.05, 0.1) is 11.4 Å². The molecule has 228 valence electrons. The molecule has 0 atom stereocenters.